The summed E-state index contributed by atoms with van der Waals surface area (Å²) in [6.45, 7) is 4.44. The van der Waals surface area contributed by atoms with E-state index in [9.17, 15) is 9.90 Å². The summed E-state index contributed by atoms with van der Waals surface area (Å²) >= 11 is 1.87. The number of carbonyl (C=O) groups excluding carboxylic acids is 1. The highest BCUT2D eigenvalue weighted by Crippen LogP contribution is 2.38. The molecule has 0 unspecified atom stereocenters. The number of thioether (sulfide) groups is 1. The molecule has 1 aromatic heterocycles. The Morgan fingerprint density at radius 3 is 2.71 bits per heavy atom. The van der Waals surface area contributed by atoms with Crippen LogP contribution in [0.1, 0.15) is 53.5 Å². The van der Waals surface area contributed by atoms with Crippen molar-refractivity contribution in [2.75, 3.05) is 18.1 Å². The summed E-state index contributed by atoms with van der Waals surface area (Å²) in [6.07, 6.45) is 3.96. The van der Waals surface area contributed by atoms with E-state index in [4.69, 9.17) is 0 Å². The molecule has 1 aliphatic carbocycles. The molecule has 1 saturated heterocycles. The Morgan fingerprint density at radius 2 is 2.10 bits per heavy atom. The number of rotatable bonds is 4. The van der Waals surface area contributed by atoms with E-state index in [2.05, 4.69) is 16.8 Å². The fraction of sp³-hybridized carbons (Fsp3) is 0.688. The van der Waals surface area contributed by atoms with Crippen LogP contribution in [-0.4, -0.2) is 39.2 Å². The molecule has 2 aliphatic rings. The van der Waals surface area contributed by atoms with Gasteiger partial charge in [-0.1, -0.05) is 0 Å². The fourth-order valence-corrected chi connectivity index (χ4v) is 4.42. The van der Waals surface area contributed by atoms with Gasteiger partial charge in [0.25, 0.3) is 5.91 Å². The van der Waals surface area contributed by atoms with Crippen LogP contribution >= 0.6 is 11.8 Å². The Balaban J connectivity index is 1.67. The Labute approximate surface area is 130 Å². The lowest BCUT2D eigenvalue weighted by Gasteiger charge is -2.31. The van der Waals surface area contributed by atoms with Gasteiger partial charge >= 0.3 is 0 Å². The second-order valence-electron chi connectivity index (χ2n) is 6.41. The van der Waals surface area contributed by atoms with Gasteiger partial charge in [-0.15, -0.1) is 0 Å². The molecule has 21 heavy (non-hydrogen) atoms. The standard InChI is InChI=1S/C16H24N2O2S/c1-11-9-14(12(2)18(11)13-3-4-13)15(19)17-10-16(20)5-7-21-8-6-16/h9,13,20H,3-8,10H2,1-2H3,(H,17,19). The van der Waals surface area contributed by atoms with Crippen LogP contribution in [0.4, 0.5) is 0 Å². The molecule has 0 aromatic carbocycles. The number of aryl methyl sites for hydroxylation is 1. The van der Waals surface area contributed by atoms with Crippen LogP contribution in [0, 0.1) is 13.8 Å². The normalized spacial score (nSPS) is 21.3. The van der Waals surface area contributed by atoms with Crippen LogP contribution in [0.3, 0.4) is 0 Å². The van der Waals surface area contributed by atoms with Gasteiger partial charge in [0, 0.05) is 24.0 Å². The van der Waals surface area contributed by atoms with Crippen molar-refractivity contribution in [1.82, 2.24) is 9.88 Å². The van der Waals surface area contributed by atoms with Gasteiger partial charge in [-0.2, -0.15) is 11.8 Å². The monoisotopic (exact) mass is 308 g/mol. The molecule has 0 bridgehead atoms. The number of nitrogens with zero attached hydrogens (tertiary/aromatic N) is 1. The highest BCUT2D eigenvalue weighted by atomic mass is 32.2. The number of carbonyl (C=O) groups is 1. The maximum absolute atomic E-state index is 12.4. The third-order valence-electron chi connectivity index (χ3n) is 4.64. The molecule has 5 heteroatoms. The molecule has 1 amide bonds. The molecule has 1 saturated carbocycles. The molecule has 2 N–H and O–H groups in total. The predicted octanol–water partition coefficient (Wildman–Crippen LogP) is 2.43. The molecule has 4 nitrogen and oxygen atoms in total. The van der Waals surface area contributed by atoms with Crippen molar-refractivity contribution in [2.24, 2.45) is 0 Å². The lowest BCUT2D eigenvalue weighted by atomic mass is 9.97. The Bertz CT molecular complexity index is 543. The lowest BCUT2D eigenvalue weighted by Crippen LogP contribution is -2.45. The average Bonchev–Trinajstić information content (AvgIpc) is 3.23. The molecule has 1 aliphatic heterocycles. The summed E-state index contributed by atoms with van der Waals surface area (Å²) in [6, 6.07) is 2.56. The maximum Gasteiger partial charge on any atom is 0.253 e. The highest BCUT2D eigenvalue weighted by molar-refractivity contribution is 7.99. The largest absolute Gasteiger partial charge is 0.388 e. The second-order valence-corrected chi connectivity index (χ2v) is 7.63. The second kappa shape index (κ2) is 5.69. The zero-order valence-corrected chi connectivity index (χ0v) is 13.6. The Hall–Kier alpha value is -0.940. The zero-order chi connectivity index (χ0) is 15.0. The summed E-state index contributed by atoms with van der Waals surface area (Å²) < 4.78 is 2.28. The van der Waals surface area contributed by atoms with E-state index in [1.165, 1.54) is 12.8 Å². The molecular formula is C16H24N2O2S. The molecule has 0 atom stereocenters. The third kappa shape index (κ3) is 3.14. The van der Waals surface area contributed by atoms with E-state index in [1.54, 1.807) is 0 Å². The summed E-state index contributed by atoms with van der Waals surface area (Å²) in [5.74, 6) is 1.90. The number of aliphatic hydroxyl groups is 1. The lowest BCUT2D eigenvalue weighted by molar-refractivity contribution is 0.0311. The first kappa shape index (κ1) is 15.0. The van der Waals surface area contributed by atoms with E-state index in [-0.39, 0.29) is 5.91 Å². The maximum atomic E-state index is 12.4. The van der Waals surface area contributed by atoms with E-state index in [0.717, 1.165) is 41.3 Å². The molecule has 2 heterocycles. The van der Waals surface area contributed by atoms with Crippen LogP contribution < -0.4 is 5.32 Å². The van der Waals surface area contributed by atoms with Gasteiger partial charge in [0.2, 0.25) is 0 Å². The van der Waals surface area contributed by atoms with Crippen LogP contribution in [0.25, 0.3) is 0 Å². The van der Waals surface area contributed by atoms with E-state index < -0.39 is 5.60 Å². The highest BCUT2D eigenvalue weighted by Gasteiger charge is 2.31. The van der Waals surface area contributed by atoms with Gasteiger partial charge in [-0.3, -0.25) is 4.79 Å². The minimum atomic E-state index is -0.719. The van der Waals surface area contributed by atoms with Crippen molar-refractivity contribution in [2.45, 2.75) is 51.2 Å². The molecular weight excluding hydrogens is 284 g/mol. The van der Waals surface area contributed by atoms with Crippen molar-refractivity contribution < 1.29 is 9.90 Å². The van der Waals surface area contributed by atoms with Gasteiger partial charge in [0.05, 0.1) is 11.2 Å². The molecule has 0 radical (unpaired) electrons. The van der Waals surface area contributed by atoms with Crippen LogP contribution in [0.15, 0.2) is 6.07 Å². The van der Waals surface area contributed by atoms with Crippen LogP contribution in [-0.2, 0) is 0 Å². The summed E-state index contributed by atoms with van der Waals surface area (Å²) in [5.41, 5.74) is 2.25. The summed E-state index contributed by atoms with van der Waals surface area (Å²) in [7, 11) is 0. The SMILES string of the molecule is Cc1cc(C(=O)NCC2(O)CCSCC2)c(C)n1C1CC1. The van der Waals surface area contributed by atoms with Gasteiger partial charge in [0.1, 0.15) is 0 Å². The number of aromatic nitrogens is 1. The first-order valence-electron chi connectivity index (χ1n) is 7.77. The van der Waals surface area contributed by atoms with E-state index >= 15 is 0 Å². The minimum absolute atomic E-state index is 0.0540. The van der Waals surface area contributed by atoms with Crippen molar-refractivity contribution >= 4 is 17.7 Å². The molecule has 116 valence electrons. The average molecular weight is 308 g/mol. The minimum Gasteiger partial charge on any atom is -0.388 e. The van der Waals surface area contributed by atoms with E-state index in [1.807, 2.05) is 24.8 Å². The summed E-state index contributed by atoms with van der Waals surface area (Å²) in [5, 5.41) is 13.4. The Morgan fingerprint density at radius 1 is 1.43 bits per heavy atom. The molecule has 3 rings (SSSR count). The third-order valence-corrected chi connectivity index (χ3v) is 5.63. The number of amides is 1. The van der Waals surface area contributed by atoms with Crippen molar-refractivity contribution in [1.29, 1.82) is 0 Å². The topological polar surface area (TPSA) is 54.3 Å². The quantitative estimate of drug-likeness (QED) is 0.898. The molecule has 2 fully saturated rings. The van der Waals surface area contributed by atoms with E-state index in [0.29, 0.717) is 12.6 Å². The Kier molecular flexibility index (Phi) is 4.06. The van der Waals surface area contributed by atoms with Crippen molar-refractivity contribution in [3.8, 4) is 0 Å². The van der Waals surface area contributed by atoms with Gasteiger partial charge in [-0.05, 0) is 57.1 Å². The van der Waals surface area contributed by atoms with Crippen LogP contribution in [0.2, 0.25) is 0 Å². The smallest absolute Gasteiger partial charge is 0.253 e. The van der Waals surface area contributed by atoms with Crippen LogP contribution in [0.5, 0.6) is 0 Å². The number of hydrogen-bond acceptors (Lipinski definition) is 3. The van der Waals surface area contributed by atoms with Crippen molar-refractivity contribution in [3.63, 3.8) is 0 Å². The van der Waals surface area contributed by atoms with Crippen molar-refractivity contribution in [3.05, 3.63) is 23.0 Å². The first-order valence-corrected chi connectivity index (χ1v) is 8.92. The van der Waals surface area contributed by atoms with Gasteiger partial charge in [0.15, 0.2) is 0 Å². The number of hydrogen-bond donors (Lipinski definition) is 2. The number of nitrogens with one attached hydrogen (secondary N) is 1. The van der Waals surface area contributed by atoms with Gasteiger partial charge in [-0.25, -0.2) is 0 Å². The predicted molar refractivity (Wildman–Crippen MR) is 86.0 cm³/mol. The fourth-order valence-electron chi connectivity index (χ4n) is 3.17. The zero-order valence-electron chi connectivity index (χ0n) is 12.8. The molecule has 0 spiro atoms. The molecule has 1 aromatic rings. The van der Waals surface area contributed by atoms with Gasteiger partial charge < -0.3 is 15.0 Å². The first-order chi connectivity index (χ1) is 10.0. The summed E-state index contributed by atoms with van der Waals surface area (Å²) in [4.78, 5) is 12.4.